The molecule has 1 aliphatic heterocycles. The van der Waals surface area contributed by atoms with Crippen LogP contribution in [0.5, 0.6) is 0 Å². The third kappa shape index (κ3) is 2.43. The predicted molar refractivity (Wildman–Crippen MR) is 84.0 cm³/mol. The summed E-state index contributed by atoms with van der Waals surface area (Å²) in [4.78, 5) is 11.7. The largest absolute Gasteiger partial charge is 0.368 e. The number of nitrogens with two attached hydrogens (primary N) is 1. The Labute approximate surface area is 133 Å². The quantitative estimate of drug-likeness (QED) is 0.913. The van der Waals surface area contributed by atoms with Crippen LogP contribution in [0.25, 0.3) is 0 Å². The van der Waals surface area contributed by atoms with Gasteiger partial charge in [0, 0.05) is 6.42 Å². The first kappa shape index (κ1) is 15.1. The summed E-state index contributed by atoms with van der Waals surface area (Å²) >= 11 is 0. The number of anilines is 1. The molecular formula is C16H13N3O3S. The summed E-state index contributed by atoms with van der Waals surface area (Å²) in [5, 5.41) is 8.82. The second-order valence-corrected chi connectivity index (χ2v) is 7.00. The van der Waals surface area contributed by atoms with Gasteiger partial charge >= 0.3 is 0 Å². The first-order valence-corrected chi connectivity index (χ1v) is 8.31. The molecule has 0 bridgehead atoms. The molecule has 0 unspecified atom stereocenters. The van der Waals surface area contributed by atoms with Crippen LogP contribution in [0.3, 0.4) is 0 Å². The number of amides is 1. The minimum atomic E-state index is -3.95. The second kappa shape index (κ2) is 5.41. The highest BCUT2D eigenvalue weighted by Gasteiger charge is 2.41. The molecule has 0 aliphatic carbocycles. The number of nitrogens with zero attached hydrogens (tertiary/aromatic N) is 2. The van der Waals surface area contributed by atoms with Gasteiger partial charge in [0.1, 0.15) is 6.04 Å². The molecule has 0 saturated heterocycles. The monoisotopic (exact) mass is 327 g/mol. The van der Waals surface area contributed by atoms with Crippen LogP contribution in [-0.2, 0) is 21.2 Å². The molecule has 0 spiro atoms. The summed E-state index contributed by atoms with van der Waals surface area (Å²) in [5.74, 6) is -0.696. The van der Waals surface area contributed by atoms with E-state index in [1.807, 2.05) is 6.07 Å². The Morgan fingerprint density at radius 2 is 1.83 bits per heavy atom. The van der Waals surface area contributed by atoms with E-state index in [4.69, 9.17) is 11.0 Å². The van der Waals surface area contributed by atoms with E-state index in [-0.39, 0.29) is 11.3 Å². The molecule has 1 heterocycles. The molecule has 6 nitrogen and oxygen atoms in total. The average molecular weight is 327 g/mol. The Balaban J connectivity index is 2.13. The Hall–Kier alpha value is -2.85. The smallest absolute Gasteiger partial charge is 0.265 e. The zero-order chi connectivity index (χ0) is 16.6. The molecule has 0 fully saturated rings. The minimum Gasteiger partial charge on any atom is -0.368 e. The Kier molecular flexibility index (Phi) is 3.54. The van der Waals surface area contributed by atoms with Crippen molar-refractivity contribution >= 4 is 21.6 Å². The third-order valence-electron chi connectivity index (χ3n) is 3.79. The van der Waals surface area contributed by atoms with Gasteiger partial charge in [-0.05, 0) is 35.9 Å². The van der Waals surface area contributed by atoms with Crippen LogP contribution >= 0.6 is 0 Å². The SMILES string of the molecule is N#Cc1ccc(S(=O)(=O)N2c3ccccc3C[C@H]2C(N)=O)cc1. The van der Waals surface area contributed by atoms with Crippen molar-refractivity contribution in [1.29, 1.82) is 5.26 Å². The lowest BCUT2D eigenvalue weighted by Crippen LogP contribution is -2.45. The molecule has 2 aromatic rings. The standard InChI is InChI=1S/C16H13N3O3S/c17-10-11-5-7-13(8-6-11)23(21,22)19-14-4-2-1-3-12(14)9-15(19)16(18)20/h1-8,15H,9H2,(H2,18,20)/t15-/m0/s1. The summed E-state index contributed by atoms with van der Waals surface area (Å²) in [5.41, 5.74) is 6.98. The van der Waals surface area contributed by atoms with E-state index < -0.39 is 22.0 Å². The number of nitriles is 1. The van der Waals surface area contributed by atoms with Gasteiger partial charge < -0.3 is 5.73 Å². The van der Waals surface area contributed by atoms with Gasteiger partial charge in [0.2, 0.25) is 5.91 Å². The van der Waals surface area contributed by atoms with Crippen LogP contribution in [0.4, 0.5) is 5.69 Å². The van der Waals surface area contributed by atoms with Crippen molar-refractivity contribution in [3.05, 3.63) is 59.7 Å². The average Bonchev–Trinajstić information content (AvgIpc) is 2.95. The van der Waals surface area contributed by atoms with Gasteiger partial charge in [-0.2, -0.15) is 5.26 Å². The molecule has 0 radical (unpaired) electrons. The highest BCUT2D eigenvalue weighted by Crippen LogP contribution is 2.36. The summed E-state index contributed by atoms with van der Waals surface area (Å²) in [6, 6.07) is 13.5. The fourth-order valence-electron chi connectivity index (χ4n) is 2.69. The maximum absolute atomic E-state index is 12.9. The van der Waals surface area contributed by atoms with E-state index in [9.17, 15) is 13.2 Å². The van der Waals surface area contributed by atoms with E-state index >= 15 is 0 Å². The van der Waals surface area contributed by atoms with Crippen LogP contribution in [-0.4, -0.2) is 20.4 Å². The maximum Gasteiger partial charge on any atom is 0.265 e. The van der Waals surface area contributed by atoms with E-state index in [2.05, 4.69) is 0 Å². The Morgan fingerprint density at radius 3 is 2.43 bits per heavy atom. The Bertz CT molecular complexity index is 914. The number of hydrogen-bond acceptors (Lipinski definition) is 4. The van der Waals surface area contributed by atoms with Crippen LogP contribution in [0.1, 0.15) is 11.1 Å². The molecule has 1 amide bonds. The van der Waals surface area contributed by atoms with Gasteiger partial charge in [-0.15, -0.1) is 0 Å². The third-order valence-corrected chi connectivity index (χ3v) is 5.63. The lowest BCUT2D eigenvalue weighted by atomic mass is 10.1. The number of sulfonamides is 1. The molecule has 23 heavy (non-hydrogen) atoms. The van der Waals surface area contributed by atoms with E-state index in [0.717, 1.165) is 9.87 Å². The van der Waals surface area contributed by atoms with Crippen LogP contribution in [0.15, 0.2) is 53.4 Å². The van der Waals surface area contributed by atoms with Gasteiger partial charge in [0.25, 0.3) is 10.0 Å². The molecular weight excluding hydrogens is 314 g/mol. The lowest BCUT2D eigenvalue weighted by Gasteiger charge is -2.24. The number of rotatable bonds is 3. The van der Waals surface area contributed by atoms with E-state index in [1.54, 1.807) is 24.3 Å². The molecule has 0 saturated carbocycles. The molecule has 2 N–H and O–H groups in total. The van der Waals surface area contributed by atoms with Crippen molar-refractivity contribution in [2.75, 3.05) is 4.31 Å². The van der Waals surface area contributed by atoms with Crippen molar-refractivity contribution in [1.82, 2.24) is 0 Å². The normalized spacial score (nSPS) is 16.7. The van der Waals surface area contributed by atoms with Crippen molar-refractivity contribution in [2.24, 2.45) is 5.73 Å². The van der Waals surface area contributed by atoms with Gasteiger partial charge in [-0.3, -0.25) is 9.10 Å². The van der Waals surface area contributed by atoms with E-state index in [1.165, 1.54) is 24.3 Å². The highest BCUT2D eigenvalue weighted by molar-refractivity contribution is 7.93. The molecule has 0 aromatic heterocycles. The summed E-state index contributed by atoms with van der Waals surface area (Å²) in [6.45, 7) is 0. The molecule has 1 aliphatic rings. The lowest BCUT2D eigenvalue weighted by molar-refractivity contribution is -0.118. The fourth-order valence-corrected chi connectivity index (χ4v) is 4.34. The first-order valence-electron chi connectivity index (χ1n) is 6.87. The van der Waals surface area contributed by atoms with Crippen LogP contribution in [0, 0.1) is 11.3 Å². The molecule has 116 valence electrons. The highest BCUT2D eigenvalue weighted by atomic mass is 32.2. The van der Waals surface area contributed by atoms with E-state index in [0.29, 0.717) is 11.3 Å². The van der Waals surface area contributed by atoms with Gasteiger partial charge in [0.15, 0.2) is 0 Å². The number of primary amides is 1. The van der Waals surface area contributed by atoms with Gasteiger partial charge in [0.05, 0.1) is 22.2 Å². The summed E-state index contributed by atoms with van der Waals surface area (Å²) in [7, 11) is -3.95. The number of carbonyl (C=O) groups excluding carboxylic acids is 1. The molecule has 1 atom stereocenters. The Morgan fingerprint density at radius 1 is 1.17 bits per heavy atom. The molecule has 7 heteroatoms. The maximum atomic E-state index is 12.9. The minimum absolute atomic E-state index is 0.0134. The molecule has 2 aromatic carbocycles. The topological polar surface area (TPSA) is 104 Å². The number of para-hydroxylation sites is 1. The predicted octanol–water partition coefficient (Wildman–Crippen LogP) is 1.16. The number of hydrogen-bond donors (Lipinski definition) is 1. The first-order chi connectivity index (χ1) is 10.9. The zero-order valence-corrected chi connectivity index (χ0v) is 12.8. The fraction of sp³-hybridized carbons (Fsp3) is 0.125. The number of carbonyl (C=O) groups is 1. The van der Waals surface area contributed by atoms with Crippen LogP contribution in [0.2, 0.25) is 0 Å². The zero-order valence-electron chi connectivity index (χ0n) is 12.0. The van der Waals surface area contributed by atoms with Crippen LogP contribution < -0.4 is 10.0 Å². The summed E-state index contributed by atoms with van der Waals surface area (Å²) in [6.07, 6.45) is 0.251. The number of fused-ring (bicyclic) bond motifs is 1. The number of benzene rings is 2. The van der Waals surface area contributed by atoms with Crippen molar-refractivity contribution in [3.63, 3.8) is 0 Å². The van der Waals surface area contributed by atoms with Crippen molar-refractivity contribution in [3.8, 4) is 6.07 Å². The van der Waals surface area contributed by atoms with Crippen molar-refractivity contribution in [2.45, 2.75) is 17.4 Å². The van der Waals surface area contributed by atoms with Gasteiger partial charge in [-0.25, -0.2) is 8.42 Å². The summed E-state index contributed by atoms with van der Waals surface area (Å²) < 4.78 is 27.0. The second-order valence-electron chi connectivity index (χ2n) is 5.19. The molecule has 3 rings (SSSR count). The van der Waals surface area contributed by atoms with Gasteiger partial charge in [-0.1, -0.05) is 18.2 Å². The van der Waals surface area contributed by atoms with Crippen molar-refractivity contribution < 1.29 is 13.2 Å².